The lowest BCUT2D eigenvalue weighted by Gasteiger charge is -2.31. The highest BCUT2D eigenvalue weighted by molar-refractivity contribution is 6.33. The molecule has 6 heteroatoms. The van der Waals surface area contributed by atoms with Crippen LogP contribution >= 0.6 is 11.6 Å². The third-order valence-electron chi connectivity index (χ3n) is 5.29. The molecule has 3 aromatic carbocycles. The van der Waals surface area contributed by atoms with Crippen LogP contribution in [0, 0.1) is 0 Å². The van der Waals surface area contributed by atoms with Crippen molar-refractivity contribution < 1.29 is 13.9 Å². The van der Waals surface area contributed by atoms with Crippen molar-refractivity contribution >= 4 is 28.3 Å². The molecule has 0 amide bonds. The van der Waals surface area contributed by atoms with Crippen molar-refractivity contribution in [3.8, 4) is 22.6 Å². The van der Waals surface area contributed by atoms with Crippen LogP contribution < -0.4 is 20.0 Å². The summed E-state index contributed by atoms with van der Waals surface area (Å²) in [7, 11) is 1.62. The molecule has 0 saturated carbocycles. The molecular weight excluding hydrogens is 402 g/mol. The van der Waals surface area contributed by atoms with Gasteiger partial charge in [0.05, 0.1) is 29.9 Å². The summed E-state index contributed by atoms with van der Waals surface area (Å²) in [6.07, 6.45) is 0. The molecule has 2 heterocycles. The number of para-hydroxylation sites is 1. The van der Waals surface area contributed by atoms with Gasteiger partial charge in [-0.2, -0.15) is 0 Å². The van der Waals surface area contributed by atoms with E-state index in [1.54, 1.807) is 7.11 Å². The highest BCUT2D eigenvalue weighted by Gasteiger charge is 2.24. The molecule has 4 aromatic rings. The van der Waals surface area contributed by atoms with Gasteiger partial charge in [0.2, 0.25) is 0 Å². The summed E-state index contributed by atoms with van der Waals surface area (Å²) in [5.41, 5.74) is 3.54. The van der Waals surface area contributed by atoms with Gasteiger partial charge >= 0.3 is 5.63 Å². The number of hydrogen-bond donors (Lipinski definition) is 0. The first-order valence-electron chi connectivity index (χ1n) is 9.50. The average molecular weight is 420 g/mol. The second kappa shape index (κ2) is 7.43. The Kier molecular flexibility index (Phi) is 4.60. The van der Waals surface area contributed by atoms with Crippen molar-refractivity contribution in [2.24, 2.45) is 0 Å². The van der Waals surface area contributed by atoms with Crippen molar-refractivity contribution in [1.82, 2.24) is 0 Å². The quantitative estimate of drug-likeness (QED) is 0.412. The zero-order valence-corrected chi connectivity index (χ0v) is 17.0. The van der Waals surface area contributed by atoms with Crippen molar-refractivity contribution in [3.63, 3.8) is 0 Å². The number of fused-ring (bicyclic) bond motifs is 3. The molecule has 5 nitrogen and oxygen atoms in total. The molecule has 1 aromatic heterocycles. The molecule has 0 unspecified atom stereocenters. The van der Waals surface area contributed by atoms with Crippen LogP contribution in [0.2, 0.25) is 5.02 Å². The Morgan fingerprint density at radius 1 is 1.03 bits per heavy atom. The first kappa shape index (κ1) is 18.6. The molecular formula is C24H18ClNO4. The first-order chi connectivity index (χ1) is 14.6. The summed E-state index contributed by atoms with van der Waals surface area (Å²) < 4.78 is 16.9. The molecule has 0 atom stereocenters. The number of methoxy groups -OCH3 is 1. The van der Waals surface area contributed by atoms with Crippen LogP contribution in [0.4, 0.5) is 5.69 Å². The van der Waals surface area contributed by atoms with Crippen molar-refractivity contribution in [1.29, 1.82) is 0 Å². The van der Waals surface area contributed by atoms with Crippen LogP contribution in [0.1, 0.15) is 5.56 Å². The van der Waals surface area contributed by atoms with Crippen LogP contribution in [0.3, 0.4) is 0 Å². The van der Waals surface area contributed by atoms with Crippen LogP contribution in [0.25, 0.3) is 22.1 Å². The molecule has 150 valence electrons. The Morgan fingerprint density at radius 2 is 1.83 bits per heavy atom. The highest BCUT2D eigenvalue weighted by atomic mass is 35.5. The normalized spacial score (nSPS) is 13.1. The molecule has 30 heavy (non-hydrogen) atoms. The molecule has 1 aliphatic rings. The Morgan fingerprint density at radius 3 is 2.60 bits per heavy atom. The SMILES string of the molecule is COc1ccc(-c2cc(=O)oc3c4c(ccc23)OCN(c2ccccc2Cl)C4)cc1. The van der Waals surface area contributed by atoms with E-state index in [1.165, 1.54) is 6.07 Å². The van der Waals surface area contributed by atoms with Crippen LogP contribution in [0.5, 0.6) is 11.5 Å². The van der Waals surface area contributed by atoms with Gasteiger partial charge in [0.15, 0.2) is 6.73 Å². The largest absolute Gasteiger partial charge is 0.497 e. The number of ether oxygens (including phenoxy) is 2. The van der Waals surface area contributed by atoms with Crippen molar-refractivity contribution in [3.05, 3.63) is 87.7 Å². The molecule has 0 fully saturated rings. The smallest absolute Gasteiger partial charge is 0.336 e. The lowest BCUT2D eigenvalue weighted by Crippen LogP contribution is -2.32. The summed E-state index contributed by atoms with van der Waals surface area (Å²) in [4.78, 5) is 14.4. The van der Waals surface area contributed by atoms with Gasteiger partial charge < -0.3 is 18.8 Å². The predicted molar refractivity (Wildman–Crippen MR) is 118 cm³/mol. The lowest BCUT2D eigenvalue weighted by molar-refractivity contribution is 0.289. The van der Waals surface area contributed by atoms with Crippen molar-refractivity contribution in [2.45, 2.75) is 6.54 Å². The van der Waals surface area contributed by atoms with E-state index in [-0.39, 0.29) is 0 Å². The molecule has 5 rings (SSSR count). The predicted octanol–water partition coefficient (Wildman–Crippen LogP) is 5.48. The maximum atomic E-state index is 12.4. The second-order valence-electron chi connectivity index (χ2n) is 7.05. The molecule has 0 saturated heterocycles. The fourth-order valence-electron chi connectivity index (χ4n) is 3.81. The fourth-order valence-corrected chi connectivity index (χ4v) is 4.06. The Labute approximate surface area is 178 Å². The van der Waals surface area contributed by atoms with Crippen LogP contribution in [0.15, 0.2) is 75.9 Å². The minimum absolute atomic E-state index is 0.366. The van der Waals surface area contributed by atoms with Crippen LogP contribution in [-0.2, 0) is 6.54 Å². The summed E-state index contributed by atoms with van der Waals surface area (Å²) >= 11 is 6.38. The van der Waals surface area contributed by atoms with Gasteiger partial charge in [-0.05, 0) is 47.5 Å². The first-order valence-corrected chi connectivity index (χ1v) is 9.88. The minimum atomic E-state index is -0.406. The molecule has 0 bridgehead atoms. The monoisotopic (exact) mass is 419 g/mol. The van der Waals surface area contributed by atoms with E-state index >= 15 is 0 Å². The number of nitrogens with zero attached hydrogens (tertiary/aromatic N) is 1. The summed E-state index contributed by atoms with van der Waals surface area (Å²) in [6.45, 7) is 0.885. The molecule has 1 aliphatic heterocycles. The third kappa shape index (κ3) is 3.17. The fraction of sp³-hybridized carbons (Fsp3) is 0.125. The van der Waals surface area contributed by atoms with Gasteiger partial charge in [-0.15, -0.1) is 0 Å². The molecule has 0 radical (unpaired) electrons. The van der Waals surface area contributed by atoms with Crippen molar-refractivity contribution in [2.75, 3.05) is 18.7 Å². The molecule has 0 aliphatic carbocycles. The molecule has 0 N–H and O–H groups in total. The van der Waals surface area contributed by atoms with Crippen LogP contribution in [-0.4, -0.2) is 13.8 Å². The summed E-state index contributed by atoms with van der Waals surface area (Å²) in [6, 6.07) is 20.6. The topological polar surface area (TPSA) is 51.9 Å². The number of hydrogen-bond acceptors (Lipinski definition) is 5. The Hall–Kier alpha value is -3.44. The van der Waals surface area contributed by atoms with Gasteiger partial charge in [-0.1, -0.05) is 35.9 Å². The van der Waals surface area contributed by atoms with E-state index in [4.69, 9.17) is 25.5 Å². The highest BCUT2D eigenvalue weighted by Crippen LogP contribution is 2.38. The number of anilines is 1. The number of benzene rings is 3. The maximum absolute atomic E-state index is 12.4. The Balaban J connectivity index is 1.65. The second-order valence-corrected chi connectivity index (χ2v) is 7.46. The summed E-state index contributed by atoms with van der Waals surface area (Å²) in [5, 5.41) is 1.49. The zero-order chi connectivity index (χ0) is 20.7. The summed E-state index contributed by atoms with van der Waals surface area (Å²) in [5.74, 6) is 1.47. The van der Waals surface area contributed by atoms with E-state index < -0.39 is 5.63 Å². The van der Waals surface area contributed by atoms with Gasteiger partial charge in [-0.3, -0.25) is 0 Å². The van der Waals surface area contributed by atoms with Gasteiger partial charge in [-0.25, -0.2) is 4.79 Å². The average Bonchev–Trinajstić information content (AvgIpc) is 2.78. The van der Waals surface area contributed by atoms with Gasteiger partial charge in [0, 0.05) is 11.5 Å². The van der Waals surface area contributed by atoms with E-state index in [0.29, 0.717) is 29.6 Å². The van der Waals surface area contributed by atoms with E-state index in [1.807, 2.05) is 65.6 Å². The maximum Gasteiger partial charge on any atom is 0.336 e. The van der Waals surface area contributed by atoms with E-state index in [2.05, 4.69) is 0 Å². The zero-order valence-electron chi connectivity index (χ0n) is 16.2. The standard InChI is InChI=1S/C24H18ClNO4/c1-28-16-8-6-15(7-9-16)18-12-23(27)30-24-17(18)10-11-22-19(24)13-26(14-29-22)21-5-3-2-4-20(21)25/h2-12H,13-14H2,1H3. The Bertz CT molecular complexity index is 1300. The number of rotatable bonds is 3. The number of halogens is 1. The minimum Gasteiger partial charge on any atom is -0.497 e. The molecule has 0 spiro atoms. The van der Waals surface area contributed by atoms with E-state index in [9.17, 15) is 4.79 Å². The van der Waals surface area contributed by atoms with Gasteiger partial charge in [0.25, 0.3) is 0 Å². The van der Waals surface area contributed by atoms with E-state index in [0.717, 1.165) is 33.5 Å². The van der Waals surface area contributed by atoms with Gasteiger partial charge in [0.1, 0.15) is 17.1 Å². The lowest BCUT2D eigenvalue weighted by atomic mass is 9.99. The third-order valence-corrected chi connectivity index (χ3v) is 5.61.